The number of carbonyl (C=O) groups is 1. The molecule has 0 radical (unpaired) electrons. The zero-order chi connectivity index (χ0) is 34.4. The molecule has 4 aromatic heterocycles. The second-order valence-corrected chi connectivity index (χ2v) is 11.9. The van der Waals surface area contributed by atoms with Gasteiger partial charge in [0.05, 0.1) is 23.2 Å². The van der Waals surface area contributed by atoms with Gasteiger partial charge in [0.2, 0.25) is 0 Å². The van der Waals surface area contributed by atoms with E-state index in [4.69, 9.17) is 9.72 Å². The molecule has 3 N–H and O–H groups in total. The number of aliphatic hydroxyl groups is 1. The fourth-order valence-electron chi connectivity index (χ4n) is 6.09. The molecule has 1 saturated heterocycles. The summed E-state index contributed by atoms with van der Waals surface area (Å²) in [4.78, 5) is 47.5. The Morgan fingerprint density at radius 3 is 2.54 bits per heavy atom. The van der Waals surface area contributed by atoms with Crippen molar-refractivity contribution in [3.05, 3.63) is 70.4 Å². The topological polar surface area (TPSA) is 167 Å². The van der Waals surface area contributed by atoms with Crippen LogP contribution in [0.1, 0.15) is 39.3 Å². The highest BCUT2D eigenvalue weighted by Crippen LogP contribution is 2.40. The average Bonchev–Trinajstić information content (AvgIpc) is 3.05. The largest absolute Gasteiger partial charge is 0.504 e. The molecule has 1 aromatic carbocycles. The third-order valence-corrected chi connectivity index (χ3v) is 8.36. The second-order valence-electron chi connectivity index (χ2n) is 11.9. The smallest absolute Gasteiger partial charge is 0.407 e. The van der Waals surface area contributed by atoms with Crippen LogP contribution in [0.3, 0.4) is 0 Å². The summed E-state index contributed by atoms with van der Waals surface area (Å²) in [6.45, 7) is 6.90. The van der Waals surface area contributed by atoms with Crippen molar-refractivity contribution in [2.24, 2.45) is 0 Å². The van der Waals surface area contributed by atoms with Gasteiger partial charge in [-0.15, -0.1) is 0 Å². The Kier molecular flexibility index (Phi) is 8.55. The molecule has 1 amide bonds. The molecule has 0 unspecified atom stereocenters. The lowest BCUT2D eigenvalue weighted by atomic mass is 10.0. The maximum absolute atomic E-state index is 16.1. The van der Waals surface area contributed by atoms with Crippen LogP contribution >= 0.6 is 0 Å². The first-order valence-corrected chi connectivity index (χ1v) is 15.3. The molecular weight excluding hydrogens is 628 g/mol. The molecule has 48 heavy (non-hydrogen) atoms. The molecule has 0 bridgehead atoms. The number of phenols is 1. The Hall–Kier alpha value is -5.44. The van der Waals surface area contributed by atoms with Crippen molar-refractivity contribution in [3.8, 4) is 28.4 Å². The Labute approximate surface area is 272 Å². The lowest BCUT2D eigenvalue weighted by Crippen LogP contribution is -2.58. The Morgan fingerprint density at radius 1 is 1.06 bits per heavy atom. The third-order valence-electron chi connectivity index (χ3n) is 8.36. The molecular formula is C33H33F2N7O6. The first kappa shape index (κ1) is 32.5. The molecule has 0 saturated carbocycles. The molecule has 0 spiro atoms. The van der Waals surface area contributed by atoms with Gasteiger partial charge in [0, 0.05) is 36.9 Å². The number of rotatable bonds is 7. The number of piperazine rings is 1. The molecule has 1 aliphatic rings. The SMILES string of the molecule is CC(C)c1nc2cccnc2c(OCCO)c1-n1c(=O)nc(N2C[C@@H](C)N(C(=O)O)C[C@@H]2C)c2cc(F)c(-c3cccc(F)c3O)nc21. The van der Waals surface area contributed by atoms with E-state index in [1.807, 2.05) is 13.8 Å². The number of ether oxygens (including phenoxy) is 1. The highest BCUT2D eigenvalue weighted by Gasteiger charge is 2.35. The van der Waals surface area contributed by atoms with E-state index in [1.54, 1.807) is 30.9 Å². The van der Waals surface area contributed by atoms with Crippen LogP contribution in [0.2, 0.25) is 0 Å². The summed E-state index contributed by atoms with van der Waals surface area (Å²) in [5, 5.41) is 30.1. The maximum Gasteiger partial charge on any atom is 0.407 e. The first-order chi connectivity index (χ1) is 22.9. The number of aromatic nitrogens is 5. The van der Waals surface area contributed by atoms with Crippen molar-refractivity contribution in [2.75, 3.05) is 31.2 Å². The molecule has 6 rings (SSSR count). The summed E-state index contributed by atoms with van der Waals surface area (Å²) in [5.74, 6) is -2.89. The number of benzene rings is 1. The predicted octanol–water partition coefficient (Wildman–Crippen LogP) is 4.45. The van der Waals surface area contributed by atoms with E-state index in [0.29, 0.717) is 11.2 Å². The number of hydrogen-bond acceptors (Lipinski definition) is 10. The highest BCUT2D eigenvalue weighted by atomic mass is 19.1. The van der Waals surface area contributed by atoms with Crippen LogP contribution in [0.4, 0.5) is 19.4 Å². The van der Waals surface area contributed by atoms with Gasteiger partial charge >= 0.3 is 11.8 Å². The van der Waals surface area contributed by atoms with Gasteiger partial charge in [-0.2, -0.15) is 4.98 Å². The fraction of sp³-hybridized carbons (Fsp3) is 0.333. The summed E-state index contributed by atoms with van der Waals surface area (Å²) >= 11 is 0. The van der Waals surface area contributed by atoms with Crippen LogP contribution in [-0.4, -0.2) is 89.2 Å². The highest BCUT2D eigenvalue weighted by molar-refractivity contribution is 5.93. The third kappa shape index (κ3) is 5.49. The predicted molar refractivity (Wildman–Crippen MR) is 173 cm³/mol. The molecule has 5 aromatic rings. The minimum absolute atomic E-state index is 0.0628. The minimum atomic E-state index is -1.09. The summed E-state index contributed by atoms with van der Waals surface area (Å²) in [6.07, 6.45) is 0.429. The monoisotopic (exact) mass is 661 g/mol. The van der Waals surface area contributed by atoms with Gasteiger partial charge < -0.3 is 29.9 Å². The van der Waals surface area contributed by atoms with Gasteiger partial charge in [-0.3, -0.25) is 4.98 Å². The van der Waals surface area contributed by atoms with Gasteiger partial charge in [-0.1, -0.05) is 19.9 Å². The van der Waals surface area contributed by atoms with Crippen LogP contribution < -0.4 is 15.3 Å². The number of para-hydroxylation sites is 1. The number of hydrogen-bond donors (Lipinski definition) is 3. The average molecular weight is 662 g/mol. The molecule has 1 aliphatic heterocycles. The van der Waals surface area contributed by atoms with Crippen LogP contribution in [0.15, 0.2) is 47.4 Å². The van der Waals surface area contributed by atoms with E-state index in [1.165, 1.54) is 23.2 Å². The van der Waals surface area contributed by atoms with E-state index in [-0.39, 0.29) is 71.6 Å². The van der Waals surface area contributed by atoms with E-state index in [2.05, 4.69) is 15.0 Å². The van der Waals surface area contributed by atoms with Crippen LogP contribution in [0, 0.1) is 11.6 Å². The number of aliphatic hydroxyl groups excluding tert-OH is 1. The van der Waals surface area contributed by atoms with Gasteiger partial charge in [-0.25, -0.2) is 32.9 Å². The molecule has 15 heteroatoms. The minimum Gasteiger partial charge on any atom is -0.504 e. The number of anilines is 1. The second kappa shape index (κ2) is 12.6. The lowest BCUT2D eigenvalue weighted by molar-refractivity contribution is 0.114. The zero-order valence-electron chi connectivity index (χ0n) is 26.6. The fourth-order valence-corrected chi connectivity index (χ4v) is 6.09. The van der Waals surface area contributed by atoms with Crippen molar-refractivity contribution in [1.82, 2.24) is 29.4 Å². The van der Waals surface area contributed by atoms with Gasteiger partial charge in [0.1, 0.15) is 29.3 Å². The van der Waals surface area contributed by atoms with E-state index in [0.717, 1.165) is 16.7 Å². The number of aromatic hydroxyl groups is 1. The van der Waals surface area contributed by atoms with Crippen molar-refractivity contribution in [3.63, 3.8) is 0 Å². The summed E-state index contributed by atoms with van der Waals surface area (Å²) in [5.41, 5.74) is -0.391. The Bertz CT molecular complexity index is 2130. The van der Waals surface area contributed by atoms with Crippen molar-refractivity contribution in [1.29, 1.82) is 0 Å². The van der Waals surface area contributed by atoms with Crippen LogP contribution in [-0.2, 0) is 0 Å². The first-order valence-electron chi connectivity index (χ1n) is 15.3. The number of pyridine rings is 3. The number of carboxylic acid groups (broad SMARTS) is 1. The zero-order valence-corrected chi connectivity index (χ0v) is 26.6. The molecule has 5 heterocycles. The summed E-state index contributed by atoms with van der Waals surface area (Å²) < 4.78 is 37.8. The molecule has 2 atom stereocenters. The van der Waals surface area contributed by atoms with E-state index < -0.39 is 46.9 Å². The summed E-state index contributed by atoms with van der Waals surface area (Å²) in [6, 6.07) is 7.17. The van der Waals surface area contributed by atoms with Gasteiger partial charge in [0.15, 0.2) is 28.8 Å². The van der Waals surface area contributed by atoms with E-state index in [9.17, 15) is 29.3 Å². The maximum atomic E-state index is 16.1. The molecule has 0 aliphatic carbocycles. The van der Waals surface area contributed by atoms with Crippen molar-refractivity contribution in [2.45, 2.75) is 45.7 Å². The van der Waals surface area contributed by atoms with E-state index >= 15 is 4.39 Å². The number of amides is 1. The number of fused-ring (bicyclic) bond motifs is 2. The van der Waals surface area contributed by atoms with Gasteiger partial charge in [-0.05, 0) is 50.1 Å². The van der Waals surface area contributed by atoms with Gasteiger partial charge in [0.25, 0.3) is 0 Å². The Balaban J connectivity index is 1.74. The number of halogens is 2. The lowest BCUT2D eigenvalue weighted by Gasteiger charge is -2.43. The van der Waals surface area contributed by atoms with Crippen LogP contribution in [0.5, 0.6) is 11.5 Å². The Morgan fingerprint density at radius 2 is 1.83 bits per heavy atom. The standard InChI is InChI=1S/C33H33F2N7O6/c1-16(2)24-27(29(48-12-11-43)26-23(37-24)9-6-10-36-26)42-31-20(13-22(35)25(38-31)19-7-5-8-21(34)28(19)44)30(39-32(42)45)40-14-18(4)41(33(46)47)15-17(40)3/h5-10,13,16-18,43-44H,11-12,14-15H2,1-4H3,(H,46,47)/t17-,18+/m0/s1. The molecule has 13 nitrogen and oxygen atoms in total. The van der Waals surface area contributed by atoms with Crippen LogP contribution in [0.25, 0.3) is 39.0 Å². The van der Waals surface area contributed by atoms with Crippen molar-refractivity contribution >= 4 is 34.0 Å². The summed E-state index contributed by atoms with van der Waals surface area (Å²) in [7, 11) is 0. The number of nitrogens with zero attached hydrogens (tertiary/aromatic N) is 7. The van der Waals surface area contributed by atoms with Crippen molar-refractivity contribution < 1.29 is 33.6 Å². The normalized spacial score (nSPS) is 16.7. The number of phenolic OH excluding ortho intramolecular Hbond substituents is 1. The molecule has 250 valence electrons. The quantitative estimate of drug-likeness (QED) is 0.226. The molecule has 1 fully saturated rings.